The number of rotatable bonds is 6. The number of hydrogen-bond donors (Lipinski definition) is 3. The molecule has 2 aromatic carbocycles. The SMILES string of the molecule is Cc1c(C(=O)NCC(=O)N/N=C/c2c[nH]c3ccccc23)cccc1[N+](=O)[O-]. The van der Waals surface area contributed by atoms with Gasteiger partial charge in [0.2, 0.25) is 0 Å². The summed E-state index contributed by atoms with van der Waals surface area (Å²) in [5.41, 5.74) is 4.33. The Hall–Kier alpha value is -4.01. The van der Waals surface area contributed by atoms with E-state index in [1.807, 2.05) is 24.3 Å². The number of amides is 2. The molecule has 3 N–H and O–H groups in total. The lowest BCUT2D eigenvalue weighted by molar-refractivity contribution is -0.385. The quantitative estimate of drug-likeness (QED) is 0.344. The first-order chi connectivity index (χ1) is 13.5. The van der Waals surface area contributed by atoms with Gasteiger partial charge in [-0.3, -0.25) is 19.7 Å². The molecule has 2 amide bonds. The number of nitrogens with zero attached hydrogens (tertiary/aromatic N) is 2. The molecule has 0 fully saturated rings. The van der Waals surface area contributed by atoms with E-state index in [0.717, 1.165) is 16.5 Å². The van der Waals surface area contributed by atoms with Crippen molar-refractivity contribution in [3.8, 4) is 0 Å². The van der Waals surface area contributed by atoms with E-state index in [1.54, 1.807) is 6.20 Å². The highest BCUT2D eigenvalue weighted by Gasteiger charge is 2.18. The number of para-hydroxylation sites is 1. The van der Waals surface area contributed by atoms with Gasteiger partial charge in [0.1, 0.15) is 0 Å². The van der Waals surface area contributed by atoms with E-state index >= 15 is 0 Å². The molecule has 0 atom stereocenters. The number of aromatic amines is 1. The highest BCUT2D eigenvalue weighted by Crippen LogP contribution is 2.20. The highest BCUT2D eigenvalue weighted by atomic mass is 16.6. The number of carbonyl (C=O) groups excluding carboxylic acids is 2. The monoisotopic (exact) mass is 379 g/mol. The van der Waals surface area contributed by atoms with Crippen LogP contribution in [0.1, 0.15) is 21.5 Å². The minimum absolute atomic E-state index is 0.143. The van der Waals surface area contributed by atoms with Crippen LogP contribution in [0.4, 0.5) is 5.69 Å². The molecule has 0 unspecified atom stereocenters. The van der Waals surface area contributed by atoms with Crippen LogP contribution in [0.3, 0.4) is 0 Å². The van der Waals surface area contributed by atoms with Gasteiger partial charge in [-0.25, -0.2) is 5.43 Å². The van der Waals surface area contributed by atoms with E-state index in [9.17, 15) is 19.7 Å². The standard InChI is InChI=1S/C19H17N5O4/c1-12-14(6-4-8-17(12)24(27)28)19(26)21-11-18(25)23-22-10-13-9-20-16-7-3-2-5-15(13)16/h2-10,20H,11H2,1H3,(H,21,26)(H,23,25)/b22-10+. The molecule has 0 aliphatic carbocycles. The van der Waals surface area contributed by atoms with Gasteiger partial charge in [-0.1, -0.05) is 24.3 Å². The van der Waals surface area contributed by atoms with Crippen LogP contribution >= 0.6 is 0 Å². The van der Waals surface area contributed by atoms with Gasteiger partial charge in [0.05, 0.1) is 17.7 Å². The summed E-state index contributed by atoms with van der Waals surface area (Å²) in [7, 11) is 0. The Bertz CT molecular complexity index is 1090. The van der Waals surface area contributed by atoms with Crippen molar-refractivity contribution >= 4 is 34.6 Å². The number of H-pyrrole nitrogens is 1. The molecule has 1 aromatic heterocycles. The topological polar surface area (TPSA) is 129 Å². The number of hydrazone groups is 1. The minimum Gasteiger partial charge on any atom is -0.361 e. The summed E-state index contributed by atoms with van der Waals surface area (Å²) >= 11 is 0. The molecule has 3 aromatic rings. The molecule has 142 valence electrons. The summed E-state index contributed by atoms with van der Waals surface area (Å²) in [4.78, 5) is 37.6. The molecule has 28 heavy (non-hydrogen) atoms. The molecular formula is C19H17N5O4. The molecular weight excluding hydrogens is 362 g/mol. The Morgan fingerprint density at radius 2 is 2.00 bits per heavy atom. The molecule has 9 heteroatoms. The largest absolute Gasteiger partial charge is 0.361 e. The fourth-order valence-corrected chi connectivity index (χ4v) is 2.74. The number of nitrogens with one attached hydrogen (secondary N) is 3. The predicted molar refractivity (Wildman–Crippen MR) is 104 cm³/mol. The summed E-state index contributed by atoms with van der Waals surface area (Å²) in [6, 6.07) is 11.9. The zero-order valence-corrected chi connectivity index (χ0v) is 14.9. The third kappa shape index (κ3) is 4.04. The Morgan fingerprint density at radius 3 is 2.79 bits per heavy atom. The summed E-state index contributed by atoms with van der Waals surface area (Å²) in [6.07, 6.45) is 3.27. The highest BCUT2D eigenvalue weighted by molar-refractivity contribution is 6.00. The molecule has 0 saturated heterocycles. The first-order valence-electron chi connectivity index (χ1n) is 8.37. The summed E-state index contributed by atoms with van der Waals surface area (Å²) in [6.45, 7) is 1.17. The average molecular weight is 379 g/mol. The fourth-order valence-electron chi connectivity index (χ4n) is 2.74. The molecule has 3 rings (SSSR count). The van der Waals surface area contributed by atoms with Gasteiger partial charge in [0.15, 0.2) is 0 Å². The third-order valence-corrected chi connectivity index (χ3v) is 4.17. The molecule has 1 heterocycles. The van der Waals surface area contributed by atoms with Crippen molar-refractivity contribution in [2.24, 2.45) is 5.10 Å². The molecule has 0 saturated carbocycles. The first-order valence-corrected chi connectivity index (χ1v) is 8.37. The van der Waals surface area contributed by atoms with Crippen molar-refractivity contribution < 1.29 is 14.5 Å². The van der Waals surface area contributed by atoms with Crippen molar-refractivity contribution in [3.05, 3.63) is 75.5 Å². The normalized spacial score (nSPS) is 10.9. The van der Waals surface area contributed by atoms with Crippen molar-refractivity contribution in [2.45, 2.75) is 6.92 Å². The van der Waals surface area contributed by atoms with E-state index in [2.05, 4.69) is 20.8 Å². The van der Waals surface area contributed by atoms with E-state index < -0.39 is 16.7 Å². The first kappa shape index (κ1) is 18.8. The summed E-state index contributed by atoms with van der Waals surface area (Å²) in [5.74, 6) is -1.09. The molecule has 0 spiro atoms. The second-order valence-corrected chi connectivity index (χ2v) is 5.97. The van der Waals surface area contributed by atoms with Crippen LogP contribution in [-0.4, -0.2) is 34.5 Å². The van der Waals surface area contributed by atoms with Crippen LogP contribution in [0.25, 0.3) is 10.9 Å². The van der Waals surface area contributed by atoms with Crippen molar-refractivity contribution in [3.63, 3.8) is 0 Å². The molecule has 0 aliphatic rings. The molecule has 0 bridgehead atoms. The second kappa shape index (κ2) is 8.12. The van der Waals surface area contributed by atoms with Gasteiger partial charge in [-0.15, -0.1) is 0 Å². The van der Waals surface area contributed by atoms with Crippen molar-refractivity contribution in [2.75, 3.05) is 6.54 Å². The van der Waals surface area contributed by atoms with Crippen LogP contribution in [0.15, 0.2) is 53.8 Å². The number of nitro benzene ring substituents is 1. The van der Waals surface area contributed by atoms with Crippen LogP contribution in [0.5, 0.6) is 0 Å². The number of benzene rings is 2. The second-order valence-electron chi connectivity index (χ2n) is 5.97. The Kier molecular flexibility index (Phi) is 5.45. The van der Waals surface area contributed by atoms with E-state index in [-0.39, 0.29) is 23.4 Å². The van der Waals surface area contributed by atoms with E-state index in [0.29, 0.717) is 0 Å². The molecule has 9 nitrogen and oxygen atoms in total. The Labute approximate surface area is 159 Å². The number of fused-ring (bicyclic) bond motifs is 1. The maximum Gasteiger partial charge on any atom is 0.273 e. The minimum atomic E-state index is -0.572. The number of carbonyl (C=O) groups is 2. The summed E-state index contributed by atoms with van der Waals surface area (Å²) in [5, 5.41) is 18.2. The molecule has 0 aliphatic heterocycles. The lowest BCUT2D eigenvalue weighted by Crippen LogP contribution is -2.35. The van der Waals surface area contributed by atoms with Crippen molar-refractivity contribution in [1.29, 1.82) is 0 Å². The summed E-state index contributed by atoms with van der Waals surface area (Å²) < 4.78 is 0. The van der Waals surface area contributed by atoms with Crippen LogP contribution in [-0.2, 0) is 4.79 Å². The van der Waals surface area contributed by atoms with E-state index in [4.69, 9.17) is 0 Å². The number of aromatic nitrogens is 1. The fraction of sp³-hybridized carbons (Fsp3) is 0.105. The van der Waals surface area contributed by atoms with Gasteiger partial charge in [-0.05, 0) is 19.1 Å². The van der Waals surface area contributed by atoms with Gasteiger partial charge >= 0.3 is 0 Å². The Balaban J connectivity index is 1.56. The van der Waals surface area contributed by atoms with Crippen LogP contribution in [0, 0.1) is 17.0 Å². The third-order valence-electron chi connectivity index (χ3n) is 4.17. The van der Waals surface area contributed by atoms with Gasteiger partial charge in [-0.2, -0.15) is 5.10 Å². The zero-order chi connectivity index (χ0) is 20.1. The van der Waals surface area contributed by atoms with Crippen LogP contribution in [0.2, 0.25) is 0 Å². The molecule has 0 radical (unpaired) electrons. The van der Waals surface area contributed by atoms with Gasteiger partial charge < -0.3 is 10.3 Å². The predicted octanol–water partition coefficient (Wildman–Crippen LogP) is 2.26. The smallest absolute Gasteiger partial charge is 0.273 e. The van der Waals surface area contributed by atoms with Gasteiger partial charge in [0, 0.05) is 39.9 Å². The number of hydrogen-bond acceptors (Lipinski definition) is 5. The average Bonchev–Trinajstić information content (AvgIpc) is 3.09. The van der Waals surface area contributed by atoms with Crippen LogP contribution < -0.4 is 10.7 Å². The van der Waals surface area contributed by atoms with Crippen molar-refractivity contribution in [1.82, 2.24) is 15.7 Å². The van der Waals surface area contributed by atoms with Gasteiger partial charge in [0.25, 0.3) is 17.5 Å². The Morgan fingerprint density at radius 1 is 1.21 bits per heavy atom. The maximum absolute atomic E-state index is 12.2. The zero-order valence-electron chi connectivity index (χ0n) is 14.9. The lowest BCUT2D eigenvalue weighted by Gasteiger charge is -2.07. The maximum atomic E-state index is 12.2. The lowest BCUT2D eigenvalue weighted by atomic mass is 10.1. The number of nitro groups is 1. The van der Waals surface area contributed by atoms with E-state index in [1.165, 1.54) is 31.3 Å².